The molecule has 136 valence electrons. The molecular formula is C18H32N4O2. The molecule has 1 saturated heterocycles. The van der Waals surface area contributed by atoms with E-state index in [0.717, 1.165) is 32.0 Å². The van der Waals surface area contributed by atoms with Crippen LogP contribution in [0, 0.1) is 5.41 Å². The van der Waals surface area contributed by atoms with Gasteiger partial charge in [-0.25, -0.2) is 0 Å². The molecule has 3 fully saturated rings. The van der Waals surface area contributed by atoms with Gasteiger partial charge in [-0.15, -0.1) is 0 Å². The fraction of sp³-hybridized carbons (Fsp3) is 0.889. The van der Waals surface area contributed by atoms with Crippen molar-refractivity contribution in [2.75, 3.05) is 19.7 Å². The molecule has 1 spiro atoms. The summed E-state index contributed by atoms with van der Waals surface area (Å²) in [5, 5.41) is 10.1. The highest BCUT2D eigenvalue weighted by atomic mass is 16.5. The van der Waals surface area contributed by atoms with E-state index < -0.39 is 0 Å². The largest absolute Gasteiger partial charge is 0.378 e. The molecule has 0 aromatic rings. The van der Waals surface area contributed by atoms with Crippen LogP contribution in [0.1, 0.15) is 58.8 Å². The van der Waals surface area contributed by atoms with Crippen molar-refractivity contribution in [1.29, 1.82) is 0 Å². The normalized spacial score (nSPS) is 32.3. The maximum Gasteiger partial charge on any atom is 0.220 e. The zero-order valence-corrected chi connectivity index (χ0v) is 15.1. The number of amides is 1. The van der Waals surface area contributed by atoms with E-state index in [-0.39, 0.29) is 11.9 Å². The number of carbonyl (C=O) groups is 1. The summed E-state index contributed by atoms with van der Waals surface area (Å²) in [6.45, 7) is 6.38. The van der Waals surface area contributed by atoms with Gasteiger partial charge in [0.15, 0.2) is 5.96 Å². The number of nitrogens with one attached hydrogen (secondary N) is 3. The minimum absolute atomic E-state index is 0.151. The van der Waals surface area contributed by atoms with Crippen molar-refractivity contribution >= 4 is 11.9 Å². The Labute approximate surface area is 145 Å². The molecule has 1 aliphatic heterocycles. The van der Waals surface area contributed by atoms with Crippen molar-refractivity contribution in [3.63, 3.8) is 0 Å². The van der Waals surface area contributed by atoms with Gasteiger partial charge in [-0.2, -0.15) is 0 Å². The topological polar surface area (TPSA) is 74.8 Å². The second kappa shape index (κ2) is 7.72. The van der Waals surface area contributed by atoms with Crippen LogP contribution in [0.15, 0.2) is 4.99 Å². The first-order chi connectivity index (χ1) is 11.7. The zero-order chi connectivity index (χ0) is 17.0. The summed E-state index contributed by atoms with van der Waals surface area (Å²) in [4.78, 5) is 15.9. The molecule has 3 aliphatic rings. The molecule has 0 radical (unpaired) electrons. The van der Waals surface area contributed by atoms with E-state index in [1.807, 2.05) is 0 Å². The molecule has 6 nitrogen and oxygen atoms in total. The highest BCUT2D eigenvalue weighted by Crippen LogP contribution is 2.54. The molecule has 1 amide bonds. The summed E-state index contributed by atoms with van der Waals surface area (Å²) in [7, 11) is 0. The molecule has 1 heterocycles. The van der Waals surface area contributed by atoms with Gasteiger partial charge < -0.3 is 20.7 Å². The summed E-state index contributed by atoms with van der Waals surface area (Å²) in [5.74, 6) is 1.04. The second-order valence-corrected chi connectivity index (χ2v) is 7.32. The molecule has 3 unspecified atom stereocenters. The van der Waals surface area contributed by atoms with Crippen LogP contribution in [0.3, 0.4) is 0 Å². The molecule has 3 rings (SSSR count). The van der Waals surface area contributed by atoms with Crippen molar-refractivity contribution < 1.29 is 9.53 Å². The van der Waals surface area contributed by atoms with Gasteiger partial charge in [-0.05, 0) is 39.5 Å². The number of carbonyl (C=O) groups excluding carboxylic acids is 1. The molecular weight excluding hydrogens is 304 g/mol. The van der Waals surface area contributed by atoms with Crippen molar-refractivity contribution in [2.24, 2.45) is 10.4 Å². The smallest absolute Gasteiger partial charge is 0.220 e. The average molecular weight is 336 g/mol. The van der Waals surface area contributed by atoms with E-state index in [1.165, 1.54) is 25.7 Å². The fourth-order valence-corrected chi connectivity index (χ4v) is 4.59. The van der Waals surface area contributed by atoms with E-state index in [1.54, 1.807) is 0 Å². The van der Waals surface area contributed by atoms with E-state index >= 15 is 0 Å². The number of guanidine groups is 1. The third kappa shape index (κ3) is 3.53. The summed E-state index contributed by atoms with van der Waals surface area (Å²) in [6, 6.07) is 0.718. The maximum atomic E-state index is 11.3. The van der Waals surface area contributed by atoms with E-state index in [0.29, 0.717) is 30.5 Å². The highest BCUT2D eigenvalue weighted by Gasteiger charge is 2.57. The molecule has 6 heteroatoms. The minimum atomic E-state index is 0.151. The maximum absolute atomic E-state index is 11.3. The standard InChI is InChI=1S/C18H32N4O2/c1-3-19-17(21-13-7-8-16(23)20-12-13)22-14-11-15(24-4-2)18(14)9-5-6-10-18/h13-15H,3-12H2,1-2H3,(H,20,23)(H2,19,21,22). The van der Waals surface area contributed by atoms with Gasteiger partial charge in [0.1, 0.15) is 0 Å². The number of ether oxygens (including phenoxy) is 1. The molecule has 2 saturated carbocycles. The number of hydrogen-bond acceptors (Lipinski definition) is 3. The molecule has 3 atom stereocenters. The number of rotatable bonds is 5. The molecule has 24 heavy (non-hydrogen) atoms. The Morgan fingerprint density at radius 2 is 2.12 bits per heavy atom. The first-order valence-corrected chi connectivity index (χ1v) is 9.63. The van der Waals surface area contributed by atoms with Crippen molar-refractivity contribution in [2.45, 2.75) is 77.0 Å². The number of hydrogen-bond donors (Lipinski definition) is 3. The van der Waals surface area contributed by atoms with Crippen LogP contribution in [0.4, 0.5) is 0 Å². The second-order valence-electron chi connectivity index (χ2n) is 7.32. The van der Waals surface area contributed by atoms with Gasteiger partial charge in [0.05, 0.1) is 6.10 Å². The van der Waals surface area contributed by atoms with Crippen molar-refractivity contribution in [3.05, 3.63) is 0 Å². The van der Waals surface area contributed by atoms with Crippen molar-refractivity contribution in [3.8, 4) is 0 Å². The summed E-state index contributed by atoms with van der Waals surface area (Å²) in [6.07, 6.45) is 8.07. The van der Waals surface area contributed by atoms with E-state index in [2.05, 4.69) is 34.8 Å². The molecule has 2 aliphatic carbocycles. The van der Waals surface area contributed by atoms with Gasteiger partial charge in [-0.3, -0.25) is 9.79 Å². The first-order valence-electron chi connectivity index (χ1n) is 9.63. The molecule has 3 N–H and O–H groups in total. The van der Waals surface area contributed by atoms with Gasteiger partial charge in [0, 0.05) is 43.6 Å². The third-order valence-electron chi connectivity index (χ3n) is 5.92. The Hall–Kier alpha value is -1.30. The fourth-order valence-electron chi connectivity index (χ4n) is 4.59. The quantitative estimate of drug-likeness (QED) is 0.526. The molecule has 0 aromatic heterocycles. The van der Waals surface area contributed by atoms with Crippen molar-refractivity contribution in [1.82, 2.24) is 16.0 Å². The number of aliphatic imine (C=N–C) groups is 1. The lowest BCUT2D eigenvalue weighted by Crippen LogP contribution is -2.66. The summed E-state index contributed by atoms with van der Waals surface area (Å²) >= 11 is 0. The van der Waals surface area contributed by atoms with E-state index in [9.17, 15) is 4.79 Å². The lowest BCUT2D eigenvalue weighted by atomic mass is 9.60. The predicted molar refractivity (Wildman–Crippen MR) is 95.0 cm³/mol. The average Bonchev–Trinajstić information content (AvgIpc) is 3.09. The van der Waals surface area contributed by atoms with Gasteiger partial charge in [0.25, 0.3) is 0 Å². The first kappa shape index (κ1) is 17.5. The van der Waals surface area contributed by atoms with Crippen LogP contribution in [-0.4, -0.2) is 49.8 Å². The lowest BCUT2D eigenvalue weighted by molar-refractivity contribution is -0.126. The zero-order valence-electron chi connectivity index (χ0n) is 15.1. The third-order valence-corrected chi connectivity index (χ3v) is 5.92. The number of nitrogens with zero attached hydrogens (tertiary/aromatic N) is 1. The van der Waals surface area contributed by atoms with Crippen LogP contribution in [0.25, 0.3) is 0 Å². The van der Waals surface area contributed by atoms with Gasteiger partial charge >= 0.3 is 0 Å². The molecule has 0 bridgehead atoms. The Kier molecular flexibility index (Phi) is 5.64. The Bertz CT molecular complexity index is 464. The monoisotopic (exact) mass is 336 g/mol. The lowest BCUT2D eigenvalue weighted by Gasteiger charge is -2.54. The minimum Gasteiger partial charge on any atom is -0.378 e. The SMILES string of the molecule is CCN=C(NC1CCC(=O)NC1)NC1CC(OCC)C12CCCC2. The van der Waals surface area contributed by atoms with Crippen LogP contribution in [0.2, 0.25) is 0 Å². The summed E-state index contributed by atoms with van der Waals surface area (Å²) < 4.78 is 6.00. The summed E-state index contributed by atoms with van der Waals surface area (Å²) in [5.41, 5.74) is 0.299. The predicted octanol–water partition coefficient (Wildman–Crippen LogP) is 1.56. The Balaban J connectivity index is 1.59. The van der Waals surface area contributed by atoms with Gasteiger partial charge in [-0.1, -0.05) is 12.8 Å². The molecule has 0 aromatic carbocycles. The number of piperidine rings is 1. The van der Waals surface area contributed by atoms with Crippen LogP contribution in [0.5, 0.6) is 0 Å². The highest BCUT2D eigenvalue weighted by molar-refractivity contribution is 5.81. The van der Waals surface area contributed by atoms with Crippen LogP contribution >= 0.6 is 0 Å². The van der Waals surface area contributed by atoms with Crippen LogP contribution < -0.4 is 16.0 Å². The Morgan fingerprint density at radius 3 is 2.75 bits per heavy atom. The van der Waals surface area contributed by atoms with Crippen LogP contribution in [-0.2, 0) is 9.53 Å². The van der Waals surface area contributed by atoms with E-state index in [4.69, 9.17) is 4.74 Å². The Morgan fingerprint density at radius 1 is 1.33 bits per heavy atom. The van der Waals surface area contributed by atoms with Gasteiger partial charge in [0.2, 0.25) is 5.91 Å².